The van der Waals surface area contributed by atoms with Crippen molar-refractivity contribution in [1.82, 2.24) is 0 Å². The highest BCUT2D eigenvalue weighted by Crippen LogP contribution is 2.46. The van der Waals surface area contributed by atoms with Gasteiger partial charge in [0.05, 0.1) is 1.37 Å². The van der Waals surface area contributed by atoms with Crippen LogP contribution in [0.2, 0.25) is 0 Å². The van der Waals surface area contributed by atoms with Crippen molar-refractivity contribution < 1.29 is 1.37 Å². The fraction of sp³-hybridized carbons (Fsp3) is 0.400. The summed E-state index contributed by atoms with van der Waals surface area (Å²) in [5.74, 6) is 1.03. The lowest BCUT2D eigenvalue weighted by atomic mass is 9.95. The van der Waals surface area contributed by atoms with Crippen LogP contribution < -0.4 is 4.90 Å². The molecular formula is C20H25N. The summed E-state index contributed by atoms with van der Waals surface area (Å²) in [4.78, 5) is 2.44. The van der Waals surface area contributed by atoms with Gasteiger partial charge in [-0.2, -0.15) is 0 Å². The van der Waals surface area contributed by atoms with Crippen LogP contribution in [0.1, 0.15) is 58.4 Å². The molecule has 3 atom stereocenters. The standard InChI is InChI=1S/C20H25N/c1-5-14(2)17-10-6-8-12-19(17)21-16(4)15(3)18-11-7-9-13-20(18)21/h6-16H,5H2,1-4H3/t14-,15-,16+/m1/s1/i9T. The summed E-state index contributed by atoms with van der Waals surface area (Å²) in [6.07, 6.45) is 1.14. The Morgan fingerprint density at radius 2 is 1.86 bits per heavy atom. The van der Waals surface area contributed by atoms with Crippen molar-refractivity contribution in [3.8, 4) is 0 Å². The lowest BCUT2D eigenvalue weighted by Crippen LogP contribution is -2.27. The molecule has 3 rings (SSSR count). The van der Waals surface area contributed by atoms with Gasteiger partial charge in [-0.1, -0.05) is 57.1 Å². The zero-order valence-corrected chi connectivity index (χ0v) is 13.4. The number of hydrogen-bond acceptors (Lipinski definition) is 1. The van der Waals surface area contributed by atoms with Gasteiger partial charge in [-0.15, -0.1) is 0 Å². The van der Waals surface area contributed by atoms with Gasteiger partial charge >= 0.3 is 0 Å². The maximum absolute atomic E-state index is 8.00. The van der Waals surface area contributed by atoms with Gasteiger partial charge in [0, 0.05) is 23.3 Å². The predicted octanol–water partition coefficient (Wildman–Crippen LogP) is 5.84. The summed E-state index contributed by atoms with van der Waals surface area (Å²) in [6.45, 7) is 9.12. The molecule has 0 N–H and O–H groups in total. The minimum atomic E-state index is 0.419. The topological polar surface area (TPSA) is 3.24 Å². The minimum Gasteiger partial charge on any atom is -0.338 e. The van der Waals surface area contributed by atoms with Crippen LogP contribution in [-0.4, -0.2) is 6.04 Å². The Morgan fingerprint density at radius 3 is 2.62 bits per heavy atom. The van der Waals surface area contributed by atoms with Crippen molar-refractivity contribution in [1.29, 1.82) is 0 Å². The fourth-order valence-electron chi connectivity index (χ4n) is 3.42. The Hall–Kier alpha value is -1.76. The third-order valence-electron chi connectivity index (χ3n) is 5.10. The molecule has 0 amide bonds. The lowest BCUT2D eigenvalue weighted by molar-refractivity contribution is 0.636. The highest BCUT2D eigenvalue weighted by molar-refractivity contribution is 5.74. The Kier molecular flexibility index (Phi) is 3.42. The maximum Gasteiger partial charge on any atom is 0.0623 e. The third kappa shape index (κ3) is 2.25. The number of benzene rings is 2. The number of fused-ring (bicyclic) bond motifs is 1. The molecule has 2 aromatic rings. The highest BCUT2D eigenvalue weighted by atomic mass is 15.2. The molecule has 0 saturated heterocycles. The average Bonchev–Trinajstić information content (AvgIpc) is 2.77. The normalized spacial score (nSPS) is 22.9. The van der Waals surface area contributed by atoms with Gasteiger partial charge in [-0.3, -0.25) is 0 Å². The Labute approximate surface area is 130 Å². The minimum absolute atomic E-state index is 0.419. The molecule has 0 aliphatic carbocycles. The van der Waals surface area contributed by atoms with Crippen LogP contribution in [-0.2, 0) is 0 Å². The van der Waals surface area contributed by atoms with Gasteiger partial charge in [-0.05, 0) is 42.5 Å². The van der Waals surface area contributed by atoms with E-state index in [9.17, 15) is 0 Å². The smallest absolute Gasteiger partial charge is 0.0623 e. The number of nitrogens with zero attached hydrogens (tertiary/aromatic N) is 1. The second-order valence-electron chi connectivity index (χ2n) is 6.25. The van der Waals surface area contributed by atoms with Crippen LogP contribution in [0.25, 0.3) is 0 Å². The molecule has 0 aromatic heterocycles. The summed E-state index contributed by atoms with van der Waals surface area (Å²) < 4.78 is 8.00. The molecule has 0 bridgehead atoms. The third-order valence-corrected chi connectivity index (χ3v) is 5.10. The van der Waals surface area contributed by atoms with Gasteiger partial charge in [0.25, 0.3) is 0 Å². The van der Waals surface area contributed by atoms with Gasteiger partial charge in [0.15, 0.2) is 0 Å². The number of hydrogen-bond donors (Lipinski definition) is 0. The molecule has 1 aliphatic heterocycles. The van der Waals surface area contributed by atoms with Crippen molar-refractivity contribution in [3.63, 3.8) is 0 Å². The maximum atomic E-state index is 8.00. The van der Waals surface area contributed by atoms with E-state index in [0.717, 1.165) is 6.42 Å². The molecule has 1 aliphatic rings. The molecule has 21 heavy (non-hydrogen) atoms. The molecular weight excluding hydrogens is 254 g/mol. The van der Waals surface area contributed by atoms with Gasteiger partial charge in [0.2, 0.25) is 0 Å². The summed E-state index contributed by atoms with van der Waals surface area (Å²) >= 11 is 0. The number of rotatable bonds is 3. The molecule has 0 unspecified atom stereocenters. The molecule has 0 radical (unpaired) electrons. The van der Waals surface area contributed by atoms with E-state index in [2.05, 4.69) is 62.9 Å². The molecule has 0 fully saturated rings. The second kappa shape index (κ2) is 5.55. The first-order valence-corrected chi connectivity index (χ1v) is 8.03. The first kappa shape index (κ1) is 12.9. The van der Waals surface area contributed by atoms with Crippen LogP contribution >= 0.6 is 0 Å². The Balaban J connectivity index is 2.16. The van der Waals surface area contributed by atoms with Gasteiger partial charge in [-0.25, -0.2) is 0 Å². The first-order chi connectivity index (χ1) is 10.5. The SMILES string of the molecule is [3H]c1ccc2c(c1)N(c1ccccc1[C@H](C)CC)[C@@H](C)[C@H]2C. The van der Waals surface area contributed by atoms with Crippen LogP contribution in [0.4, 0.5) is 11.4 Å². The lowest BCUT2D eigenvalue weighted by Gasteiger charge is -2.30. The van der Waals surface area contributed by atoms with E-state index in [1.54, 1.807) is 0 Å². The van der Waals surface area contributed by atoms with Crippen LogP contribution in [0.3, 0.4) is 0 Å². The van der Waals surface area contributed by atoms with Crippen LogP contribution in [0.5, 0.6) is 0 Å². The molecule has 1 heteroatoms. The number of para-hydroxylation sites is 2. The van der Waals surface area contributed by atoms with E-state index in [1.807, 2.05) is 12.1 Å². The summed E-state index contributed by atoms with van der Waals surface area (Å²) in [7, 11) is 0. The summed E-state index contributed by atoms with van der Waals surface area (Å²) in [6, 6.07) is 15.8. The molecule has 0 spiro atoms. The summed E-state index contributed by atoms with van der Waals surface area (Å²) in [5.41, 5.74) is 5.29. The van der Waals surface area contributed by atoms with Gasteiger partial charge in [0.1, 0.15) is 0 Å². The van der Waals surface area contributed by atoms with Gasteiger partial charge < -0.3 is 4.90 Å². The first-order valence-electron chi connectivity index (χ1n) is 8.53. The average molecular weight is 281 g/mol. The number of anilines is 2. The van der Waals surface area contributed by atoms with Crippen LogP contribution in [0, 0.1) is 0 Å². The quantitative estimate of drug-likeness (QED) is 0.682. The van der Waals surface area contributed by atoms with Crippen molar-refractivity contribution in [3.05, 3.63) is 59.6 Å². The highest BCUT2D eigenvalue weighted by Gasteiger charge is 2.34. The zero-order valence-electron chi connectivity index (χ0n) is 14.4. The zero-order chi connectivity index (χ0) is 15.9. The van der Waals surface area contributed by atoms with Crippen LogP contribution in [0.15, 0.2) is 48.5 Å². The van der Waals surface area contributed by atoms with Crippen molar-refractivity contribution in [2.45, 2.75) is 52.0 Å². The fourth-order valence-corrected chi connectivity index (χ4v) is 3.42. The van der Waals surface area contributed by atoms with E-state index in [1.165, 1.54) is 22.5 Å². The van der Waals surface area contributed by atoms with Crippen molar-refractivity contribution in [2.75, 3.05) is 4.90 Å². The molecule has 0 saturated carbocycles. The van der Waals surface area contributed by atoms with Crippen molar-refractivity contribution >= 4 is 11.4 Å². The van der Waals surface area contributed by atoms with E-state index in [4.69, 9.17) is 1.37 Å². The molecule has 2 aromatic carbocycles. The van der Waals surface area contributed by atoms with E-state index in [0.29, 0.717) is 23.9 Å². The van der Waals surface area contributed by atoms with E-state index >= 15 is 0 Å². The molecule has 110 valence electrons. The van der Waals surface area contributed by atoms with E-state index < -0.39 is 0 Å². The van der Waals surface area contributed by atoms with E-state index in [-0.39, 0.29) is 0 Å². The monoisotopic (exact) mass is 281 g/mol. The van der Waals surface area contributed by atoms with Crippen molar-refractivity contribution in [2.24, 2.45) is 0 Å². The second-order valence-corrected chi connectivity index (χ2v) is 6.25. The predicted molar refractivity (Wildman–Crippen MR) is 91.6 cm³/mol. The largest absolute Gasteiger partial charge is 0.338 e. The Bertz CT molecular complexity index is 679. The Morgan fingerprint density at radius 1 is 1.10 bits per heavy atom. The molecule has 1 nitrogen and oxygen atoms in total. The molecule has 1 heterocycles. The summed E-state index contributed by atoms with van der Waals surface area (Å²) in [5, 5.41) is 0.